The van der Waals surface area contributed by atoms with Crippen molar-refractivity contribution < 1.29 is 18.7 Å². The molecule has 1 fully saturated rings. The zero-order valence-electron chi connectivity index (χ0n) is 19.3. The van der Waals surface area contributed by atoms with Gasteiger partial charge in [0.25, 0.3) is 5.91 Å². The molecule has 4 rings (SSSR count). The first kappa shape index (κ1) is 23.4. The van der Waals surface area contributed by atoms with Crippen LogP contribution in [0.4, 0.5) is 10.1 Å². The molecule has 1 aliphatic heterocycles. The van der Waals surface area contributed by atoms with Gasteiger partial charge in [0, 0.05) is 24.0 Å². The van der Waals surface area contributed by atoms with Crippen molar-refractivity contribution in [2.45, 2.75) is 18.6 Å². The van der Waals surface area contributed by atoms with Gasteiger partial charge in [-0.2, -0.15) is 0 Å². The average molecular weight is 462 g/mol. The summed E-state index contributed by atoms with van der Waals surface area (Å²) in [4.78, 5) is 26.8. The van der Waals surface area contributed by atoms with E-state index < -0.39 is 12.2 Å². The number of methoxy groups -OCH3 is 1. The minimum absolute atomic E-state index is 0.291. The van der Waals surface area contributed by atoms with Crippen molar-refractivity contribution in [2.24, 2.45) is 0 Å². The highest BCUT2D eigenvalue weighted by Gasteiger charge is 2.29. The van der Waals surface area contributed by atoms with Gasteiger partial charge in [-0.1, -0.05) is 36.9 Å². The number of nitrogens with one attached hydrogen (secondary N) is 2. The lowest BCUT2D eigenvalue weighted by molar-refractivity contribution is -0.111. The molecule has 2 N–H and O–H groups in total. The van der Waals surface area contributed by atoms with E-state index in [9.17, 15) is 14.0 Å². The van der Waals surface area contributed by atoms with Gasteiger partial charge in [-0.3, -0.25) is 9.59 Å². The van der Waals surface area contributed by atoms with E-state index in [4.69, 9.17) is 4.74 Å². The van der Waals surface area contributed by atoms with Crippen LogP contribution in [-0.4, -0.2) is 56.2 Å². The fraction of sp³-hybridized carbons (Fsp3) is 0.259. The Kier molecular flexibility index (Phi) is 6.93. The molecule has 2 amide bonds. The summed E-state index contributed by atoms with van der Waals surface area (Å²) < 4.78 is 19.8. The zero-order valence-corrected chi connectivity index (χ0v) is 19.3. The van der Waals surface area contributed by atoms with Gasteiger partial charge in [0.05, 0.1) is 18.8 Å². The Morgan fingerprint density at radius 3 is 2.65 bits per heavy atom. The van der Waals surface area contributed by atoms with Crippen LogP contribution in [0.3, 0.4) is 0 Å². The number of ether oxygens (including phenoxy) is 1. The van der Waals surface area contributed by atoms with Crippen LogP contribution in [0, 0.1) is 0 Å². The van der Waals surface area contributed by atoms with Gasteiger partial charge in [-0.15, -0.1) is 0 Å². The van der Waals surface area contributed by atoms with E-state index in [0.29, 0.717) is 30.0 Å². The highest BCUT2D eigenvalue weighted by Crippen LogP contribution is 2.36. The number of hydrogen-bond acceptors (Lipinski definition) is 4. The molecule has 176 valence electrons. The van der Waals surface area contributed by atoms with E-state index in [1.165, 1.54) is 6.08 Å². The maximum absolute atomic E-state index is 14.4. The van der Waals surface area contributed by atoms with E-state index in [1.807, 2.05) is 48.3 Å². The van der Waals surface area contributed by atoms with Gasteiger partial charge in [-0.25, -0.2) is 4.39 Å². The molecule has 6 nitrogen and oxygen atoms in total. The molecule has 3 aromatic carbocycles. The summed E-state index contributed by atoms with van der Waals surface area (Å²) in [7, 11) is 3.42. The van der Waals surface area contributed by atoms with Crippen LogP contribution >= 0.6 is 0 Å². The average Bonchev–Trinajstić information content (AvgIpc) is 2.85. The Balaban J connectivity index is 1.65. The maximum Gasteiger partial charge on any atom is 0.251 e. The van der Waals surface area contributed by atoms with Gasteiger partial charge >= 0.3 is 0 Å². The second kappa shape index (κ2) is 10.1. The lowest BCUT2D eigenvalue weighted by Crippen LogP contribution is -2.51. The molecule has 0 unspecified atom stereocenters. The van der Waals surface area contributed by atoms with Crippen LogP contribution in [-0.2, 0) is 4.79 Å². The Morgan fingerprint density at radius 1 is 1.15 bits per heavy atom. The molecule has 0 aromatic heterocycles. The number of fused-ring (bicyclic) bond motifs is 1. The third kappa shape index (κ3) is 4.94. The number of carbonyl (C=O) groups excluding carboxylic acids is 2. The predicted octanol–water partition coefficient (Wildman–Crippen LogP) is 4.41. The summed E-state index contributed by atoms with van der Waals surface area (Å²) in [6.07, 6.45) is 0.691. The van der Waals surface area contributed by atoms with Crippen LogP contribution in [0.5, 0.6) is 5.75 Å². The second-order valence-corrected chi connectivity index (χ2v) is 8.50. The number of halogens is 1. The third-order valence-electron chi connectivity index (χ3n) is 6.16. The summed E-state index contributed by atoms with van der Waals surface area (Å²) in [6, 6.07) is 16.3. The van der Waals surface area contributed by atoms with Crippen LogP contribution < -0.4 is 15.4 Å². The zero-order chi connectivity index (χ0) is 24.2. The number of anilines is 1. The van der Waals surface area contributed by atoms with Crippen molar-refractivity contribution in [3.63, 3.8) is 0 Å². The van der Waals surface area contributed by atoms with Crippen molar-refractivity contribution >= 4 is 28.3 Å². The lowest BCUT2D eigenvalue weighted by Gasteiger charge is -2.32. The van der Waals surface area contributed by atoms with Crippen LogP contribution in [0.15, 0.2) is 67.3 Å². The van der Waals surface area contributed by atoms with E-state index in [0.717, 1.165) is 28.4 Å². The molecule has 0 spiro atoms. The molecular formula is C27H28FN3O3. The number of piperidine rings is 1. The molecule has 3 aromatic rings. The van der Waals surface area contributed by atoms with E-state index >= 15 is 0 Å². The number of alkyl halides is 1. The highest BCUT2D eigenvalue weighted by atomic mass is 19.1. The minimum Gasteiger partial charge on any atom is -0.495 e. The highest BCUT2D eigenvalue weighted by molar-refractivity contribution is 6.09. The van der Waals surface area contributed by atoms with Gasteiger partial charge in [-0.05, 0) is 60.3 Å². The number of likely N-dealkylation sites (tertiary alicyclic amines) is 1. The Bertz CT molecular complexity index is 1240. The predicted molar refractivity (Wildman–Crippen MR) is 133 cm³/mol. The normalized spacial score (nSPS) is 18.3. The molecule has 1 aliphatic rings. The molecular weight excluding hydrogens is 433 g/mol. The van der Waals surface area contributed by atoms with Gasteiger partial charge in [0.2, 0.25) is 5.91 Å². The number of carbonyl (C=O) groups is 2. The molecule has 0 aliphatic carbocycles. The summed E-state index contributed by atoms with van der Waals surface area (Å²) in [5, 5.41) is 7.41. The SMILES string of the molecule is C=CC(=O)Nc1c(OC)ccc2ccc(-c3cccc(C(=O)N[C@@H]4CCN(C)C[C@@H]4F)c3)cc12. The van der Waals surface area contributed by atoms with Gasteiger partial charge < -0.3 is 20.3 Å². The third-order valence-corrected chi connectivity index (χ3v) is 6.16. The standard InChI is InChI=1S/C27H28FN3O3/c1-4-25(32)30-26-21-15-19(9-8-17(21)10-11-24(26)34-3)18-6-5-7-20(14-18)27(33)29-23-12-13-31(2)16-22(23)28/h4-11,14-15,22-23H,1,12-13,16H2,2-3H3,(H,29,33)(H,30,32)/t22-,23+/m0/s1. The van der Waals surface area contributed by atoms with E-state index in [2.05, 4.69) is 17.2 Å². The number of benzene rings is 3. The Labute approximate surface area is 198 Å². The molecule has 1 saturated heterocycles. The largest absolute Gasteiger partial charge is 0.495 e. The fourth-order valence-electron chi connectivity index (χ4n) is 4.26. The summed E-state index contributed by atoms with van der Waals surface area (Å²) in [5.74, 6) is -0.0951. The Hall–Kier alpha value is -3.71. The second-order valence-electron chi connectivity index (χ2n) is 8.50. The molecule has 0 bridgehead atoms. The van der Waals surface area contributed by atoms with Crippen LogP contribution in [0.25, 0.3) is 21.9 Å². The molecule has 0 saturated carbocycles. The van der Waals surface area contributed by atoms with Crippen molar-refractivity contribution in [3.05, 3.63) is 72.8 Å². The van der Waals surface area contributed by atoms with Crippen molar-refractivity contribution in [1.29, 1.82) is 0 Å². The Morgan fingerprint density at radius 2 is 1.91 bits per heavy atom. The molecule has 2 atom stereocenters. The minimum atomic E-state index is -1.09. The van der Waals surface area contributed by atoms with Gasteiger partial charge in [0.1, 0.15) is 11.9 Å². The fourth-order valence-corrected chi connectivity index (χ4v) is 4.26. The monoisotopic (exact) mass is 461 g/mol. The van der Waals surface area contributed by atoms with E-state index in [-0.39, 0.29) is 11.8 Å². The topological polar surface area (TPSA) is 70.7 Å². The van der Waals surface area contributed by atoms with Crippen molar-refractivity contribution in [3.8, 4) is 16.9 Å². The van der Waals surface area contributed by atoms with Crippen molar-refractivity contribution in [1.82, 2.24) is 10.2 Å². The quantitative estimate of drug-likeness (QED) is 0.534. The molecule has 7 heteroatoms. The number of nitrogens with zero attached hydrogens (tertiary/aromatic N) is 1. The number of hydrogen-bond donors (Lipinski definition) is 2. The van der Waals surface area contributed by atoms with Gasteiger partial charge in [0.15, 0.2) is 0 Å². The van der Waals surface area contributed by atoms with Crippen LogP contribution in [0.1, 0.15) is 16.8 Å². The lowest BCUT2D eigenvalue weighted by atomic mass is 9.98. The first-order valence-corrected chi connectivity index (χ1v) is 11.2. The van der Waals surface area contributed by atoms with Crippen LogP contribution in [0.2, 0.25) is 0 Å². The van der Waals surface area contributed by atoms with E-state index in [1.54, 1.807) is 25.3 Å². The summed E-state index contributed by atoms with van der Waals surface area (Å²) in [5.41, 5.74) is 2.72. The molecule has 0 radical (unpaired) electrons. The smallest absolute Gasteiger partial charge is 0.251 e. The maximum atomic E-state index is 14.4. The number of rotatable bonds is 6. The first-order valence-electron chi connectivity index (χ1n) is 11.2. The first-order chi connectivity index (χ1) is 16.4. The van der Waals surface area contributed by atoms with Crippen molar-refractivity contribution in [2.75, 3.05) is 32.6 Å². The molecule has 1 heterocycles. The molecule has 34 heavy (non-hydrogen) atoms. The number of amides is 2. The summed E-state index contributed by atoms with van der Waals surface area (Å²) in [6.45, 7) is 4.58. The summed E-state index contributed by atoms with van der Waals surface area (Å²) >= 11 is 0.